The van der Waals surface area contributed by atoms with Crippen LogP contribution in [-0.4, -0.2) is 20.8 Å². The van der Waals surface area contributed by atoms with Crippen LogP contribution in [0.15, 0.2) is 48.5 Å². The zero-order valence-electron chi connectivity index (χ0n) is 12.2. The molecule has 0 fully saturated rings. The fourth-order valence-corrected chi connectivity index (χ4v) is 2.49. The highest BCUT2D eigenvalue weighted by Gasteiger charge is 2.17. The van der Waals surface area contributed by atoms with Crippen molar-refractivity contribution in [3.05, 3.63) is 59.7 Å². The predicted octanol–water partition coefficient (Wildman–Crippen LogP) is 3.89. The van der Waals surface area contributed by atoms with Crippen molar-refractivity contribution in [3.63, 3.8) is 0 Å². The number of rotatable bonds is 3. The Balaban J connectivity index is 1.86. The highest BCUT2D eigenvalue weighted by molar-refractivity contribution is 5.64. The van der Waals surface area contributed by atoms with Gasteiger partial charge in [0.2, 0.25) is 0 Å². The summed E-state index contributed by atoms with van der Waals surface area (Å²) >= 11 is 0. The number of hydrogen-bond donors (Lipinski definition) is 0. The van der Waals surface area contributed by atoms with Crippen LogP contribution < -0.4 is 14.2 Å². The summed E-state index contributed by atoms with van der Waals surface area (Å²) in [6, 6.07) is 14.0. The second-order valence-corrected chi connectivity index (χ2v) is 4.93. The quantitative estimate of drug-likeness (QED) is 0.854. The Labute approximate surface area is 124 Å². The average Bonchev–Trinajstić information content (AvgIpc) is 2.77. The molecule has 0 N–H and O–H groups in total. The Morgan fingerprint density at radius 3 is 2.52 bits per heavy atom. The Hall–Kier alpha value is -2.42. The molecule has 0 saturated carbocycles. The van der Waals surface area contributed by atoms with Gasteiger partial charge in [-0.25, -0.2) is 0 Å². The molecule has 1 heterocycles. The number of para-hydroxylation sites is 1. The molecule has 0 saturated heterocycles. The average molecular weight is 282 g/mol. The number of fused-ring (bicyclic) bond motifs is 1. The molecule has 3 rings (SSSR count). The minimum atomic E-state index is 0.216. The van der Waals surface area contributed by atoms with Crippen molar-refractivity contribution in [1.82, 2.24) is 0 Å². The maximum Gasteiger partial charge on any atom is 0.168 e. The highest BCUT2D eigenvalue weighted by Crippen LogP contribution is 2.36. The predicted molar refractivity (Wildman–Crippen MR) is 83.3 cm³/mol. The van der Waals surface area contributed by atoms with Crippen molar-refractivity contribution in [2.24, 2.45) is 0 Å². The van der Waals surface area contributed by atoms with E-state index in [0.717, 1.165) is 22.8 Å². The van der Waals surface area contributed by atoms with Crippen molar-refractivity contribution >= 4 is 6.08 Å². The molecule has 0 amide bonds. The molecule has 1 unspecified atom stereocenters. The first kappa shape index (κ1) is 13.6. The molecular formula is C18H18O3. The smallest absolute Gasteiger partial charge is 0.168 e. The Bertz CT molecular complexity index is 644. The van der Waals surface area contributed by atoms with E-state index in [4.69, 9.17) is 14.2 Å². The van der Waals surface area contributed by atoms with Crippen LogP contribution in [0.4, 0.5) is 0 Å². The Kier molecular flexibility index (Phi) is 3.82. The molecule has 2 aromatic rings. The van der Waals surface area contributed by atoms with Gasteiger partial charge < -0.3 is 14.2 Å². The minimum absolute atomic E-state index is 0.216. The van der Waals surface area contributed by atoms with E-state index in [0.29, 0.717) is 6.61 Å². The van der Waals surface area contributed by atoms with Crippen molar-refractivity contribution < 1.29 is 14.2 Å². The topological polar surface area (TPSA) is 27.7 Å². The molecule has 0 bridgehead atoms. The van der Waals surface area contributed by atoms with Crippen LogP contribution >= 0.6 is 0 Å². The number of methoxy groups -OCH3 is 2. The summed E-state index contributed by atoms with van der Waals surface area (Å²) < 4.78 is 16.5. The molecule has 21 heavy (non-hydrogen) atoms. The van der Waals surface area contributed by atoms with Crippen LogP contribution in [0.3, 0.4) is 0 Å². The van der Waals surface area contributed by atoms with E-state index in [1.54, 1.807) is 14.2 Å². The first-order valence-electron chi connectivity index (χ1n) is 6.94. The minimum Gasteiger partial charge on any atom is -0.497 e. The van der Waals surface area contributed by atoms with Gasteiger partial charge in [-0.2, -0.15) is 0 Å². The number of benzene rings is 2. The van der Waals surface area contributed by atoms with Crippen molar-refractivity contribution in [1.29, 1.82) is 0 Å². The molecule has 1 atom stereocenters. The lowest BCUT2D eigenvalue weighted by Gasteiger charge is -2.15. The van der Waals surface area contributed by atoms with Gasteiger partial charge in [-0.15, -0.1) is 0 Å². The van der Waals surface area contributed by atoms with Crippen LogP contribution in [0, 0.1) is 0 Å². The molecular weight excluding hydrogens is 264 g/mol. The van der Waals surface area contributed by atoms with E-state index in [-0.39, 0.29) is 5.92 Å². The van der Waals surface area contributed by atoms with Crippen LogP contribution in [-0.2, 0) is 0 Å². The third-order valence-corrected chi connectivity index (χ3v) is 3.69. The van der Waals surface area contributed by atoms with Crippen LogP contribution in [0.1, 0.15) is 17.0 Å². The Morgan fingerprint density at radius 1 is 1.00 bits per heavy atom. The molecule has 3 nitrogen and oxygen atoms in total. The number of hydrogen-bond acceptors (Lipinski definition) is 3. The van der Waals surface area contributed by atoms with Crippen molar-refractivity contribution in [2.75, 3.05) is 20.8 Å². The maximum absolute atomic E-state index is 5.98. The molecule has 0 spiro atoms. The molecule has 0 radical (unpaired) electrons. The van der Waals surface area contributed by atoms with Gasteiger partial charge in [0.25, 0.3) is 0 Å². The lowest BCUT2D eigenvalue weighted by molar-refractivity contribution is 0.287. The van der Waals surface area contributed by atoms with Gasteiger partial charge in [0.15, 0.2) is 11.5 Å². The largest absolute Gasteiger partial charge is 0.497 e. The van der Waals surface area contributed by atoms with E-state index in [9.17, 15) is 0 Å². The molecule has 3 heteroatoms. The van der Waals surface area contributed by atoms with E-state index >= 15 is 0 Å². The fraction of sp³-hybridized carbons (Fsp3) is 0.222. The lowest BCUT2D eigenvalue weighted by atomic mass is 9.99. The van der Waals surface area contributed by atoms with Gasteiger partial charge in [-0.1, -0.05) is 36.4 Å². The monoisotopic (exact) mass is 282 g/mol. The summed E-state index contributed by atoms with van der Waals surface area (Å²) in [6.07, 6.45) is 4.27. The van der Waals surface area contributed by atoms with Gasteiger partial charge in [-0.05, 0) is 23.8 Å². The SMILES string of the molecule is COc1ccc(C2C=Cc3cccc(OC)c3OC2)cc1. The molecule has 1 aliphatic rings. The van der Waals surface area contributed by atoms with Crippen molar-refractivity contribution in [3.8, 4) is 17.2 Å². The second kappa shape index (κ2) is 5.92. The second-order valence-electron chi connectivity index (χ2n) is 4.93. The molecule has 0 aliphatic carbocycles. The van der Waals surface area contributed by atoms with Crippen LogP contribution in [0.2, 0.25) is 0 Å². The third-order valence-electron chi connectivity index (χ3n) is 3.69. The molecule has 0 aromatic heterocycles. The summed E-state index contributed by atoms with van der Waals surface area (Å²) in [5.74, 6) is 2.66. The van der Waals surface area contributed by atoms with Gasteiger partial charge in [0.05, 0.1) is 20.8 Å². The summed E-state index contributed by atoms with van der Waals surface area (Å²) in [6.45, 7) is 0.593. The van der Waals surface area contributed by atoms with Gasteiger partial charge in [0, 0.05) is 11.5 Å². The van der Waals surface area contributed by atoms with Gasteiger partial charge in [-0.3, -0.25) is 0 Å². The highest BCUT2D eigenvalue weighted by atomic mass is 16.5. The van der Waals surface area contributed by atoms with Gasteiger partial charge >= 0.3 is 0 Å². The zero-order valence-corrected chi connectivity index (χ0v) is 12.2. The normalized spacial score (nSPS) is 16.6. The van der Waals surface area contributed by atoms with Crippen LogP contribution in [0.5, 0.6) is 17.2 Å². The van der Waals surface area contributed by atoms with E-state index in [1.165, 1.54) is 5.56 Å². The molecule has 108 valence electrons. The van der Waals surface area contributed by atoms with Crippen LogP contribution in [0.25, 0.3) is 6.08 Å². The Morgan fingerprint density at radius 2 is 1.81 bits per heavy atom. The van der Waals surface area contributed by atoms with Gasteiger partial charge in [0.1, 0.15) is 5.75 Å². The molecule has 2 aromatic carbocycles. The molecule has 1 aliphatic heterocycles. The first-order chi connectivity index (χ1) is 10.3. The first-order valence-corrected chi connectivity index (χ1v) is 6.94. The third kappa shape index (κ3) is 2.72. The number of ether oxygens (including phenoxy) is 3. The summed E-state index contributed by atoms with van der Waals surface area (Å²) in [4.78, 5) is 0. The fourth-order valence-electron chi connectivity index (χ4n) is 2.49. The maximum atomic E-state index is 5.98. The standard InChI is InChI=1S/C18H18O3/c1-19-16-10-8-13(9-11-16)15-7-6-14-4-3-5-17(20-2)18(14)21-12-15/h3-11,15H,12H2,1-2H3. The zero-order chi connectivity index (χ0) is 14.7. The summed E-state index contributed by atoms with van der Waals surface area (Å²) in [5.41, 5.74) is 2.25. The lowest BCUT2D eigenvalue weighted by Crippen LogP contribution is -2.07. The van der Waals surface area contributed by atoms with Crippen molar-refractivity contribution in [2.45, 2.75) is 5.92 Å². The van der Waals surface area contributed by atoms with E-state index < -0.39 is 0 Å². The summed E-state index contributed by atoms with van der Waals surface area (Å²) in [7, 11) is 3.33. The van der Waals surface area contributed by atoms with E-state index in [1.807, 2.05) is 30.3 Å². The van der Waals surface area contributed by atoms with E-state index in [2.05, 4.69) is 24.3 Å². The summed E-state index contributed by atoms with van der Waals surface area (Å²) in [5, 5.41) is 0.